The molecule has 3 aromatic rings. The van der Waals surface area contributed by atoms with Gasteiger partial charge in [-0.1, -0.05) is 0 Å². The minimum atomic E-state index is -0.395. The van der Waals surface area contributed by atoms with E-state index in [1.165, 1.54) is 13.4 Å². The maximum Gasteiger partial charge on any atom is 0.336 e. The van der Waals surface area contributed by atoms with Crippen LogP contribution in [0.1, 0.15) is 15.2 Å². The van der Waals surface area contributed by atoms with Crippen molar-refractivity contribution in [2.45, 2.75) is 6.92 Å². The fourth-order valence-corrected chi connectivity index (χ4v) is 2.90. The number of amides is 1. The number of thiophene rings is 1. The molecule has 0 fully saturated rings. The van der Waals surface area contributed by atoms with Gasteiger partial charge in [0.2, 0.25) is 5.95 Å². The van der Waals surface area contributed by atoms with E-state index in [0.29, 0.717) is 20.7 Å². The van der Waals surface area contributed by atoms with Crippen LogP contribution in [0.25, 0.3) is 10.2 Å². The van der Waals surface area contributed by atoms with Gasteiger partial charge in [-0.05, 0) is 12.5 Å². The molecule has 0 atom stereocenters. The molecular weight excluding hydrogens is 296 g/mol. The summed E-state index contributed by atoms with van der Waals surface area (Å²) >= 11 is 1.14. The second-order valence-electron chi connectivity index (χ2n) is 4.09. The molecular formula is C11H10N6O3S. The highest BCUT2D eigenvalue weighted by atomic mass is 32.1. The Morgan fingerprint density at radius 3 is 2.95 bits per heavy atom. The predicted molar refractivity (Wildman–Crippen MR) is 75.9 cm³/mol. The van der Waals surface area contributed by atoms with E-state index in [0.717, 1.165) is 11.3 Å². The minimum Gasteiger partial charge on any atom is -0.466 e. The van der Waals surface area contributed by atoms with E-state index in [1.807, 2.05) is 0 Å². The summed E-state index contributed by atoms with van der Waals surface area (Å²) in [4.78, 5) is 35.4. The number of aryl methyl sites for hydroxylation is 1. The molecule has 108 valence electrons. The summed E-state index contributed by atoms with van der Waals surface area (Å²) in [7, 11) is 1.42. The quantitative estimate of drug-likeness (QED) is 0.653. The van der Waals surface area contributed by atoms with Crippen LogP contribution < -0.4 is 15.6 Å². The van der Waals surface area contributed by atoms with Crippen LogP contribution in [0, 0.1) is 6.92 Å². The third kappa shape index (κ3) is 2.25. The number of carbonyl (C=O) groups is 1. The van der Waals surface area contributed by atoms with Crippen LogP contribution in [0.5, 0.6) is 6.01 Å². The Bertz CT molecular complexity index is 880. The van der Waals surface area contributed by atoms with E-state index >= 15 is 0 Å². The summed E-state index contributed by atoms with van der Waals surface area (Å²) in [6.07, 6.45) is 1.31. The van der Waals surface area contributed by atoms with E-state index in [9.17, 15) is 9.59 Å². The molecule has 3 rings (SSSR count). The van der Waals surface area contributed by atoms with E-state index in [4.69, 9.17) is 4.74 Å². The zero-order valence-corrected chi connectivity index (χ0v) is 11.9. The van der Waals surface area contributed by atoms with Gasteiger partial charge >= 0.3 is 6.01 Å². The number of anilines is 1. The number of aromatic amines is 2. The molecule has 1 amide bonds. The summed E-state index contributed by atoms with van der Waals surface area (Å²) in [5.41, 5.74) is 0.308. The predicted octanol–water partition coefficient (Wildman–Crippen LogP) is 0.672. The van der Waals surface area contributed by atoms with Crippen LogP contribution in [0.3, 0.4) is 0 Å². The summed E-state index contributed by atoms with van der Waals surface area (Å²) < 4.78 is 4.81. The van der Waals surface area contributed by atoms with Gasteiger partial charge in [-0.3, -0.25) is 14.9 Å². The maximum atomic E-state index is 12.2. The molecule has 0 saturated heterocycles. The number of hydrogen-bond donors (Lipinski definition) is 3. The molecule has 21 heavy (non-hydrogen) atoms. The van der Waals surface area contributed by atoms with Gasteiger partial charge in [0.05, 0.1) is 23.7 Å². The van der Waals surface area contributed by atoms with Gasteiger partial charge in [0, 0.05) is 0 Å². The van der Waals surface area contributed by atoms with Gasteiger partial charge in [-0.25, -0.2) is 10.1 Å². The zero-order chi connectivity index (χ0) is 15.0. The molecule has 0 unspecified atom stereocenters. The highest BCUT2D eigenvalue weighted by Gasteiger charge is 2.19. The number of rotatable bonds is 3. The molecule has 3 heterocycles. The van der Waals surface area contributed by atoms with Gasteiger partial charge < -0.3 is 9.72 Å². The first-order valence-corrected chi connectivity index (χ1v) is 6.66. The highest BCUT2D eigenvalue weighted by Crippen LogP contribution is 2.26. The maximum absolute atomic E-state index is 12.2. The van der Waals surface area contributed by atoms with Crippen molar-refractivity contribution in [1.29, 1.82) is 0 Å². The monoisotopic (exact) mass is 306 g/mol. The van der Waals surface area contributed by atoms with E-state index in [2.05, 4.69) is 30.5 Å². The zero-order valence-electron chi connectivity index (χ0n) is 11.1. The minimum absolute atomic E-state index is 0.122. The molecule has 10 heteroatoms. The van der Waals surface area contributed by atoms with Gasteiger partial charge in [0.25, 0.3) is 11.5 Å². The van der Waals surface area contributed by atoms with Gasteiger partial charge in [0.1, 0.15) is 4.83 Å². The summed E-state index contributed by atoms with van der Waals surface area (Å²) in [6, 6.07) is 0.122. The van der Waals surface area contributed by atoms with Crippen molar-refractivity contribution in [3.05, 3.63) is 27.1 Å². The Kier molecular flexibility index (Phi) is 3.14. The normalized spacial score (nSPS) is 10.8. The van der Waals surface area contributed by atoms with Gasteiger partial charge in [-0.15, -0.1) is 16.4 Å². The first-order valence-electron chi connectivity index (χ1n) is 5.84. The number of methoxy groups -OCH3 is 1. The molecule has 0 bridgehead atoms. The lowest BCUT2D eigenvalue weighted by Crippen LogP contribution is -2.13. The smallest absolute Gasteiger partial charge is 0.336 e. The van der Waals surface area contributed by atoms with Gasteiger partial charge in [-0.2, -0.15) is 4.98 Å². The molecule has 9 nitrogen and oxygen atoms in total. The van der Waals surface area contributed by atoms with Crippen molar-refractivity contribution >= 4 is 33.4 Å². The standard InChI is InChI=1S/C11H10N6O3S/c1-4-5-7(18)12-3-13-9(5)21-6(4)8(19)14-10-15-11(20-2)17-16-10/h3H,1-2H3,(H,12,13,18)(H2,14,15,16,17,19). The number of nitrogens with one attached hydrogen (secondary N) is 3. The lowest BCUT2D eigenvalue weighted by molar-refractivity contribution is 0.102. The number of nitrogens with zero attached hydrogens (tertiary/aromatic N) is 3. The van der Waals surface area contributed by atoms with Crippen molar-refractivity contribution in [1.82, 2.24) is 25.1 Å². The SMILES string of the molecule is COc1n[nH]c(NC(=O)c2sc3nc[nH]c(=O)c3c2C)n1. The van der Waals surface area contributed by atoms with Crippen LogP contribution in [-0.2, 0) is 0 Å². The van der Waals surface area contributed by atoms with Crippen LogP contribution >= 0.6 is 11.3 Å². The van der Waals surface area contributed by atoms with E-state index in [-0.39, 0.29) is 17.5 Å². The van der Waals surface area contributed by atoms with Crippen molar-refractivity contribution in [2.24, 2.45) is 0 Å². The average molecular weight is 306 g/mol. The van der Waals surface area contributed by atoms with Crippen LogP contribution in [-0.4, -0.2) is 38.2 Å². The number of aromatic nitrogens is 5. The van der Waals surface area contributed by atoms with E-state index < -0.39 is 5.91 Å². The molecule has 0 radical (unpaired) electrons. The lowest BCUT2D eigenvalue weighted by atomic mass is 10.2. The van der Waals surface area contributed by atoms with Crippen molar-refractivity contribution in [2.75, 3.05) is 12.4 Å². The molecule has 3 N–H and O–H groups in total. The first-order chi connectivity index (χ1) is 10.1. The van der Waals surface area contributed by atoms with Crippen molar-refractivity contribution in [3.63, 3.8) is 0 Å². The third-order valence-electron chi connectivity index (χ3n) is 2.82. The third-order valence-corrected chi connectivity index (χ3v) is 4.02. The number of hydrogen-bond acceptors (Lipinski definition) is 7. The Labute approximate surface area is 121 Å². The lowest BCUT2D eigenvalue weighted by Gasteiger charge is -1.99. The fraction of sp³-hybridized carbons (Fsp3) is 0.182. The summed E-state index contributed by atoms with van der Waals surface area (Å²) in [5, 5.41) is 9.22. The van der Waals surface area contributed by atoms with Crippen LogP contribution in [0.15, 0.2) is 11.1 Å². The molecule has 0 aliphatic carbocycles. The molecule has 0 saturated carbocycles. The van der Waals surface area contributed by atoms with Gasteiger partial charge in [0.15, 0.2) is 0 Å². The number of fused-ring (bicyclic) bond motifs is 1. The van der Waals surface area contributed by atoms with Crippen LogP contribution in [0.2, 0.25) is 0 Å². The summed E-state index contributed by atoms with van der Waals surface area (Å²) in [6.45, 7) is 1.70. The molecule has 0 spiro atoms. The van der Waals surface area contributed by atoms with Crippen molar-refractivity contribution in [3.8, 4) is 6.01 Å². The molecule has 0 aliphatic heterocycles. The number of H-pyrrole nitrogens is 2. The van der Waals surface area contributed by atoms with Crippen molar-refractivity contribution < 1.29 is 9.53 Å². The first kappa shape index (κ1) is 13.2. The molecule has 0 aromatic carbocycles. The Balaban J connectivity index is 1.96. The second kappa shape index (κ2) is 4.98. The number of ether oxygens (including phenoxy) is 1. The molecule has 0 aliphatic rings. The fourth-order valence-electron chi connectivity index (χ4n) is 1.85. The van der Waals surface area contributed by atoms with Crippen LogP contribution in [0.4, 0.5) is 5.95 Å². The highest BCUT2D eigenvalue weighted by molar-refractivity contribution is 7.20. The Morgan fingerprint density at radius 1 is 1.48 bits per heavy atom. The number of carbonyl (C=O) groups excluding carboxylic acids is 1. The second-order valence-corrected chi connectivity index (χ2v) is 5.09. The average Bonchev–Trinajstić information content (AvgIpc) is 3.04. The van der Waals surface area contributed by atoms with E-state index in [1.54, 1.807) is 6.92 Å². The Morgan fingerprint density at radius 2 is 2.29 bits per heavy atom. The Hall–Kier alpha value is -2.75. The summed E-state index contributed by atoms with van der Waals surface area (Å²) in [5.74, 6) is -0.232. The topological polar surface area (TPSA) is 126 Å². The molecule has 3 aromatic heterocycles. The largest absolute Gasteiger partial charge is 0.466 e.